The van der Waals surface area contributed by atoms with Crippen LogP contribution in [0.4, 0.5) is 0 Å². The van der Waals surface area contributed by atoms with Gasteiger partial charge in [-0.15, -0.1) is 0 Å². The minimum absolute atomic E-state index is 0. The van der Waals surface area contributed by atoms with Gasteiger partial charge in [0.1, 0.15) is 0 Å². The Morgan fingerprint density at radius 1 is 0.769 bits per heavy atom. The number of hydrogen-bond acceptors (Lipinski definition) is 1. The molecule has 0 bridgehead atoms. The molecule has 1 aromatic carbocycles. The summed E-state index contributed by atoms with van der Waals surface area (Å²) in [6.07, 6.45) is 1.81. The standard InChI is InChI=1S/C11H9N.Re/c1-2-6-10(7-3-1)11-8-4-5-9-12-11;/h1-9H;. The second kappa shape index (κ2) is 4.91. The first-order valence-electron chi connectivity index (χ1n) is 3.93. The number of hydrogen-bond donors (Lipinski definition) is 0. The van der Waals surface area contributed by atoms with Crippen molar-refractivity contribution in [1.82, 2.24) is 4.98 Å². The predicted molar refractivity (Wildman–Crippen MR) is 49.7 cm³/mol. The van der Waals surface area contributed by atoms with Crippen molar-refractivity contribution < 1.29 is 20.4 Å². The van der Waals surface area contributed by atoms with E-state index in [1.807, 2.05) is 42.6 Å². The van der Waals surface area contributed by atoms with Gasteiger partial charge >= 0.3 is 0 Å². The predicted octanol–water partition coefficient (Wildman–Crippen LogP) is 2.75. The summed E-state index contributed by atoms with van der Waals surface area (Å²) in [4.78, 5) is 4.25. The zero-order valence-electron chi connectivity index (χ0n) is 7.02. The molecule has 0 aliphatic rings. The van der Waals surface area contributed by atoms with E-state index in [4.69, 9.17) is 0 Å². The van der Waals surface area contributed by atoms with E-state index in [0.717, 1.165) is 11.3 Å². The molecular formula is C11H9NRe. The van der Waals surface area contributed by atoms with Crippen LogP contribution in [0.3, 0.4) is 0 Å². The number of aromatic nitrogens is 1. The van der Waals surface area contributed by atoms with Crippen molar-refractivity contribution in [3.8, 4) is 11.3 Å². The van der Waals surface area contributed by atoms with Crippen molar-refractivity contribution in [1.29, 1.82) is 0 Å². The van der Waals surface area contributed by atoms with E-state index < -0.39 is 0 Å². The zero-order valence-corrected chi connectivity index (χ0v) is 9.74. The van der Waals surface area contributed by atoms with Gasteiger partial charge in [0.15, 0.2) is 0 Å². The fourth-order valence-electron chi connectivity index (χ4n) is 1.14. The molecule has 0 spiro atoms. The Morgan fingerprint density at radius 3 is 2.08 bits per heavy atom. The number of rotatable bonds is 1. The van der Waals surface area contributed by atoms with Gasteiger partial charge < -0.3 is 0 Å². The van der Waals surface area contributed by atoms with Crippen LogP contribution in [0.25, 0.3) is 11.3 Å². The van der Waals surface area contributed by atoms with Crippen molar-refractivity contribution in [2.75, 3.05) is 0 Å². The van der Waals surface area contributed by atoms with E-state index in [-0.39, 0.29) is 20.4 Å². The summed E-state index contributed by atoms with van der Waals surface area (Å²) in [5.74, 6) is 0. The minimum Gasteiger partial charge on any atom is -0.256 e. The molecule has 1 aromatic heterocycles. The van der Waals surface area contributed by atoms with Gasteiger partial charge in [0, 0.05) is 32.2 Å². The summed E-state index contributed by atoms with van der Waals surface area (Å²) in [7, 11) is 0. The average Bonchev–Trinajstić information content (AvgIpc) is 2.21. The van der Waals surface area contributed by atoms with Gasteiger partial charge in [-0.25, -0.2) is 0 Å². The number of nitrogens with zero attached hydrogens (tertiary/aromatic N) is 1. The maximum Gasteiger partial charge on any atom is 0.0701 e. The molecule has 65 valence electrons. The molecule has 1 heterocycles. The van der Waals surface area contributed by atoms with Crippen LogP contribution in [0, 0.1) is 0 Å². The molecule has 0 aliphatic heterocycles. The first-order valence-corrected chi connectivity index (χ1v) is 3.93. The summed E-state index contributed by atoms with van der Waals surface area (Å²) < 4.78 is 0. The normalized spacial score (nSPS) is 8.92. The van der Waals surface area contributed by atoms with Crippen LogP contribution in [0.1, 0.15) is 0 Å². The third kappa shape index (κ3) is 2.48. The first kappa shape index (κ1) is 10.1. The van der Waals surface area contributed by atoms with Crippen molar-refractivity contribution in [2.45, 2.75) is 0 Å². The quantitative estimate of drug-likeness (QED) is 0.777. The Labute approximate surface area is 91.5 Å². The van der Waals surface area contributed by atoms with Crippen molar-refractivity contribution >= 4 is 0 Å². The van der Waals surface area contributed by atoms with E-state index in [1.54, 1.807) is 0 Å². The molecule has 0 atom stereocenters. The van der Waals surface area contributed by atoms with Crippen LogP contribution in [0.2, 0.25) is 0 Å². The van der Waals surface area contributed by atoms with Gasteiger partial charge in [-0.1, -0.05) is 36.4 Å². The van der Waals surface area contributed by atoms with Gasteiger partial charge in [-0.3, -0.25) is 4.98 Å². The molecule has 1 nitrogen and oxygen atoms in total. The first-order chi connectivity index (χ1) is 5.97. The summed E-state index contributed by atoms with van der Waals surface area (Å²) in [5, 5.41) is 0. The van der Waals surface area contributed by atoms with Crippen LogP contribution in [-0.4, -0.2) is 4.98 Å². The topological polar surface area (TPSA) is 12.9 Å². The van der Waals surface area contributed by atoms with Crippen LogP contribution < -0.4 is 0 Å². The van der Waals surface area contributed by atoms with Crippen LogP contribution in [0.15, 0.2) is 54.7 Å². The summed E-state index contributed by atoms with van der Waals surface area (Å²) in [6.45, 7) is 0. The summed E-state index contributed by atoms with van der Waals surface area (Å²) in [6, 6.07) is 16.1. The van der Waals surface area contributed by atoms with E-state index in [0.29, 0.717) is 0 Å². The van der Waals surface area contributed by atoms with Crippen LogP contribution in [0.5, 0.6) is 0 Å². The SMILES string of the molecule is [Re].c1ccc(-c2ccccn2)cc1. The molecule has 0 fully saturated rings. The van der Waals surface area contributed by atoms with Gasteiger partial charge in [-0.05, 0) is 12.1 Å². The molecule has 0 saturated carbocycles. The number of benzene rings is 1. The molecule has 0 N–H and O–H groups in total. The molecule has 0 unspecified atom stereocenters. The molecule has 1 radical (unpaired) electrons. The molecule has 2 aromatic rings. The Balaban J connectivity index is 0.000000845. The maximum absolute atomic E-state index is 4.25. The van der Waals surface area contributed by atoms with E-state index >= 15 is 0 Å². The van der Waals surface area contributed by atoms with Crippen LogP contribution in [-0.2, 0) is 20.4 Å². The average molecular weight is 341 g/mol. The van der Waals surface area contributed by atoms with Gasteiger partial charge in [-0.2, -0.15) is 0 Å². The molecule has 0 aliphatic carbocycles. The van der Waals surface area contributed by atoms with E-state index in [2.05, 4.69) is 17.1 Å². The summed E-state index contributed by atoms with van der Waals surface area (Å²) in [5.41, 5.74) is 2.19. The van der Waals surface area contributed by atoms with E-state index in [1.165, 1.54) is 0 Å². The molecule has 2 rings (SSSR count). The smallest absolute Gasteiger partial charge is 0.0701 e. The van der Waals surface area contributed by atoms with Crippen LogP contribution >= 0.6 is 0 Å². The molecule has 13 heavy (non-hydrogen) atoms. The maximum atomic E-state index is 4.25. The monoisotopic (exact) mass is 342 g/mol. The van der Waals surface area contributed by atoms with Crippen molar-refractivity contribution in [3.05, 3.63) is 54.7 Å². The molecule has 0 amide bonds. The largest absolute Gasteiger partial charge is 0.256 e. The Hall–Kier alpha value is -0.968. The van der Waals surface area contributed by atoms with E-state index in [9.17, 15) is 0 Å². The zero-order chi connectivity index (χ0) is 8.23. The molecular weight excluding hydrogens is 332 g/mol. The molecule has 0 saturated heterocycles. The molecule has 2 heteroatoms. The number of pyridine rings is 1. The fourth-order valence-corrected chi connectivity index (χ4v) is 1.14. The minimum atomic E-state index is 0. The second-order valence-corrected chi connectivity index (χ2v) is 2.58. The Kier molecular flexibility index (Phi) is 3.82. The Morgan fingerprint density at radius 2 is 1.46 bits per heavy atom. The Bertz CT molecular complexity index is 307. The van der Waals surface area contributed by atoms with Gasteiger partial charge in [0.25, 0.3) is 0 Å². The third-order valence-electron chi connectivity index (χ3n) is 1.73. The second-order valence-electron chi connectivity index (χ2n) is 2.58. The van der Waals surface area contributed by atoms with Crippen molar-refractivity contribution in [2.24, 2.45) is 0 Å². The van der Waals surface area contributed by atoms with Gasteiger partial charge in [0.2, 0.25) is 0 Å². The summed E-state index contributed by atoms with van der Waals surface area (Å²) >= 11 is 0. The van der Waals surface area contributed by atoms with Crippen molar-refractivity contribution in [3.63, 3.8) is 0 Å². The third-order valence-corrected chi connectivity index (χ3v) is 1.73. The van der Waals surface area contributed by atoms with Gasteiger partial charge in [0.05, 0.1) is 5.69 Å². The fraction of sp³-hybridized carbons (Fsp3) is 0.